The molecular formula is C18H38IN3O3S. The van der Waals surface area contributed by atoms with Crippen LogP contribution in [0.2, 0.25) is 0 Å². The molecule has 1 aliphatic rings. The Morgan fingerprint density at radius 2 is 1.73 bits per heavy atom. The van der Waals surface area contributed by atoms with Crippen molar-refractivity contribution in [2.75, 3.05) is 32.0 Å². The molecular weight excluding hydrogens is 465 g/mol. The van der Waals surface area contributed by atoms with Crippen molar-refractivity contribution in [3.63, 3.8) is 0 Å². The highest BCUT2D eigenvalue weighted by molar-refractivity contribution is 14.0. The summed E-state index contributed by atoms with van der Waals surface area (Å²) in [4.78, 5) is 4.48. The Bertz CT molecular complexity index is 496. The number of hydrogen-bond acceptors (Lipinski definition) is 4. The maximum absolute atomic E-state index is 12.1. The Balaban J connectivity index is 0.00000625. The van der Waals surface area contributed by atoms with Gasteiger partial charge in [0.05, 0.1) is 29.8 Å². The molecule has 8 heteroatoms. The van der Waals surface area contributed by atoms with E-state index in [-0.39, 0.29) is 29.7 Å². The first-order valence-corrected chi connectivity index (χ1v) is 11.3. The lowest BCUT2D eigenvalue weighted by molar-refractivity contribution is 0.0487. The van der Waals surface area contributed by atoms with Crippen LogP contribution in [0.4, 0.5) is 0 Å². The number of aliphatic imine (C=N–C) groups is 1. The molecule has 6 nitrogen and oxygen atoms in total. The number of hydrogen-bond donors (Lipinski definition) is 2. The average Bonchev–Trinajstić information content (AvgIpc) is 2.79. The van der Waals surface area contributed by atoms with Crippen LogP contribution in [0.25, 0.3) is 0 Å². The third kappa shape index (κ3) is 10.3. The van der Waals surface area contributed by atoms with Gasteiger partial charge in [-0.25, -0.2) is 8.42 Å². The van der Waals surface area contributed by atoms with Crippen molar-refractivity contribution in [1.29, 1.82) is 0 Å². The molecule has 0 amide bonds. The Labute approximate surface area is 177 Å². The second-order valence-electron chi connectivity index (χ2n) is 7.60. The second-order valence-corrected chi connectivity index (χ2v) is 10.5. The van der Waals surface area contributed by atoms with Gasteiger partial charge in [0.2, 0.25) is 0 Å². The van der Waals surface area contributed by atoms with Crippen molar-refractivity contribution in [2.45, 2.75) is 77.1 Å². The first-order chi connectivity index (χ1) is 11.8. The van der Waals surface area contributed by atoms with Crippen molar-refractivity contribution in [3.05, 3.63) is 0 Å². The summed E-state index contributed by atoms with van der Waals surface area (Å²) in [7, 11) is -3.12. The maximum Gasteiger partial charge on any atom is 0.191 e. The van der Waals surface area contributed by atoms with Crippen molar-refractivity contribution in [3.8, 4) is 0 Å². The molecule has 2 N–H and O–H groups in total. The molecule has 26 heavy (non-hydrogen) atoms. The van der Waals surface area contributed by atoms with Gasteiger partial charge in [-0.1, -0.05) is 25.7 Å². The third-order valence-corrected chi connectivity index (χ3v) is 7.07. The summed E-state index contributed by atoms with van der Waals surface area (Å²) in [5.74, 6) is 0.746. The first kappa shape index (κ1) is 25.9. The van der Waals surface area contributed by atoms with Gasteiger partial charge in [0.1, 0.15) is 0 Å². The summed E-state index contributed by atoms with van der Waals surface area (Å²) in [5.41, 5.74) is 0. The second kappa shape index (κ2) is 13.1. The minimum Gasteiger partial charge on any atom is -0.376 e. The number of sulfone groups is 1. The van der Waals surface area contributed by atoms with Gasteiger partial charge in [-0.15, -0.1) is 24.0 Å². The van der Waals surface area contributed by atoms with Crippen LogP contribution in [-0.4, -0.2) is 57.2 Å². The lowest BCUT2D eigenvalue weighted by atomic mass is 10.1. The van der Waals surface area contributed by atoms with Crippen LogP contribution in [0, 0.1) is 0 Å². The molecule has 0 aromatic rings. The van der Waals surface area contributed by atoms with E-state index in [1.807, 2.05) is 6.92 Å². The molecule has 1 fully saturated rings. The normalized spacial score (nSPS) is 17.3. The predicted molar refractivity (Wildman–Crippen MR) is 120 cm³/mol. The van der Waals surface area contributed by atoms with Gasteiger partial charge in [0.25, 0.3) is 0 Å². The molecule has 0 radical (unpaired) electrons. The van der Waals surface area contributed by atoms with Crippen LogP contribution in [0.1, 0.15) is 66.2 Å². The SMILES string of the molecule is CCNC(=NCCOC1CCCCCC1)NCCS(=O)(=O)C(C)(C)C.I. The Hall–Kier alpha value is -0.0900. The standard InChI is InChI=1S/C18H37N3O3S.HI/c1-5-19-17(21-13-15-25(22,23)18(2,3)4)20-12-14-24-16-10-8-6-7-9-11-16;/h16H,5-15H2,1-4H3,(H2,19,20,21);1H. The minimum atomic E-state index is -3.12. The fourth-order valence-electron chi connectivity index (χ4n) is 2.74. The third-order valence-electron chi connectivity index (χ3n) is 4.46. The summed E-state index contributed by atoms with van der Waals surface area (Å²) in [5, 5.41) is 6.25. The topological polar surface area (TPSA) is 79.8 Å². The van der Waals surface area contributed by atoms with Gasteiger partial charge in [-0.2, -0.15) is 0 Å². The number of halogens is 1. The summed E-state index contributed by atoms with van der Waals surface area (Å²) in [6, 6.07) is 0. The van der Waals surface area contributed by atoms with E-state index < -0.39 is 14.6 Å². The molecule has 0 heterocycles. The molecule has 0 saturated heterocycles. The van der Waals surface area contributed by atoms with E-state index in [4.69, 9.17) is 4.74 Å². The Morgan fingerprint density at radius 3 is 2.27 bits per heavy atom. The highest BCUT2D eigenvalue weighted by atomic mass is 127. The van der Waals surface area contributed by atoms with Crippen LogP contribution < -0.4 is 10.6 Å². The van der Waals surface area contributed by atoms with E-state index in [2.05, 4.69) is 15.6 Å². The number of guanidine groups is 1. The molecule has 0 atom stereocenters. The molecule has 0 unspecified atom stereocenters. The minimum absolute atomic E-state index is 0. The predicted octanol–water partition coefficient (Wildman–Crippen LogP) is 3.11. The molecule has 0 aliphatic heterocycles. The van der Waals surface area contributed by atoms with Gasteiger partial charge >= 0.3 is 0 Å². The number of nitrogens with zero attached hydrogens (tertiary/aromatic N) is 1. The molecule has 0 aromatic carbocycles. The van der Waals surface area contributed by atoms with Crippen molar-refractivity contribution < 1.29 is 13.2 Å². The monoisotopic (exact) mass is 503 g/mol. The van der Waals surface area contributed by atoms with E-state index in [0.717, 1.165) is 19.4 Å². The molecule has 1 saturated carbocycles. The summed E-state index contributed by atoms with van der Waals surface area (Å²) in [6.07, 6.45) is 7.87. The fourth-order valence-corrected chi connectivity index (χ4v) is 3.72. The van der Waals surface area contributed by atoms with Crippen molar-refractivity contribution in [1.82, 2.24) is 10.6 Å². The van der Waals surface area contributed by atoms with Gasteiger partial charge in [-0.05, 0) is 40.5 Å². The smallest absolute Gasteiger partial charge is 0.191 e. The Morgan fingerprint density at radius 1 is 1.12 bits per heavy atom. The first-order valence-electron chi connectivity index (χ1n) is 9.62. The zero-order chi connectivity index (χ0) is 18.8. The van der Waals surface area contributed by atoms with E-state index in [1.54, 1.807) is 20.8 Å². The van der Waals surface area contributed by atoms with E-state index in [1.165, 1.54) is 25.7 Å². The molecule has 1 rings (SSSR count). The van der Waals surface area contributed by atoms with Gasteiger partial charge in [0, 0.05) is 13.1 Å². The molecule has 156 valence electrons. The lowest BCUT2D eigenvalue weighted by Crippen LogP contribution is -2.42. The summed E-state index contributed by atoms with van der Waals surface area (Å²) >= 11 is 0. The molecule has 0 bridgehead atoms. The van der Waals surface area contributed by atoms with E-state index in [0.29, 0.717) is 31.8 Å². The van der Waals surface area contributed by atoms with E-state index in [9.17, 15) is 8.42 Å². The number of nitrogens with one attached hydrogen (secondary N) is 2. The number of rotatable bonds is 8. The van der Waals surface area contributed by atoms with E-state index >= 15 is 0 Å². The van der Waals surface area contributed by atoms with Crippen LogP contribution in [0.5, 0.6) is 0 Å². The molecule has 0 spiro atoms. The van der Waals surface area contributed by atoms with Crippen LogP contribution >= 0.6 is 24.0 Å². The van der Waals surface area contributed by atoms with Crippen LogP contribution in [0.15, 0.2) is 4.99 Å². The average molecular weight is 503 g/mol. The zero-order valence-corrected chi connectivity index (χ0v) is 20.0. The van der Waals surface area contributed by atoms with Crippen molar-refractivity contribution in [2.24, 2.45) is 4.99 Å². The summed E-state index contributed by atoms with van der Waals surface area (Å²) in [6.45, 7) is 9.46. The van der Waals surface area contributed by atoms with Gasteiger partial charge in [0.15, 0.2) is 15.8 Å². The zero-order valence-electron chi connectivity index (χ0n) is 16.8. The summed E-state index contributed by atoms with van der Waals surface area (Å²) < 4.78 is 29.5. The lowest BCUT2D eigenvalue weighted by Gasteiger charge is -2.20. The fraction of sp³-hybridized carbons (Fsp3) is 0.944. The van der Waals surface area contributed by atoms with Gasteiger partial charge < -0.3 is 15.4 Å². The quantitative estimate of drug-likeness (QED) is 0.175. The number of ether oxygens (including phenoxy) is 1. The maximum atomic E-state index is 12.1. The van der Waals surface area contributed by atoms with Gasteiger partial charge in [-0.3, -0.25) is 4.99 Å². The van der Waals surface area contributed by atoms with Crippen molar-refractivity contribution >= 4 is 39.8 Å². The molecule has 0 aromatic heterocycles. The largest absolute Gasteiger partial charge is 0.376 e. The van der Waals surface area contributed by atoms with Crippen LogP contribution in [0.3, 0.4) is 0 Å². The highest BCUT2D eigenvalue weighted by Gasteiger charge is 2.28. The molecule has 1 aliphatic carbocycles. The van der Waals surface area contributed by atoms with Crippen LogP contribution in [-0.2, 0) is 14.6 Å². The highest BCUT2D eigenvalue weighted by Crippen LogP contribution is 2.19. The Kier molecular flexibility index (Phi) is 13.1.